The summed E-state index contributed by atoms with van der Waals surface area (Å²) in [6.45, 7) is 2.28. The van der Waals surface area contributed by atoms with Crippen molar-refractivity contribution < 1.29 is 14.7 Å². The van der Waals surface area contributed by atoms with Crippen LogP contribution >= 0.6 is 0 Å². The van der Waals surface area contributed by atoms with Crippen LogP contribution in [0.5, 0.6) is 0 Å². The number of benzene rings is 1. The van der Waals surface area contributed by atoms with Crippen LogP contribution in [0.15, 0.2) is 35.4 Å². The number of carboxylic acid groups (broad SMARTS) is 1. The third-order valence-corrected chi connectivity index (χ3v) is 4.03. The Morgan fingerprint density at radius 1 is 1.28 bits per heavy atom. The first-order chi connectivity index (χ1) is 12.0. The second-order valence-corrected chi connectivity index (χ2v) is 5.92. The lowest BCUT2D eigenvalue weighted by atomic mass is 10.1. The van der Waals surface area contributed by atoms with Gasteiger partial charge in [0, 0.05) is 13.0 Å². The fraction of sp³-hybridized carbons (Fsp3) is 0.444. The summed E-state index contributed by atoms with van der Waals surface area (Å²) in [5, 5.41) is 11.9. The van der Waals surface area contributed by atoms with Gasteiger partial charge in [0.05, 0.1) is 17.2 Å². The number of rotatable bonds is 9. The maximum atomic E-state index is 12.7. The highest BCUT2D eigenvalue weighted by molar-refractivity contribution is 5.81. The molecule has 0 saturated carbocycles. The molecule has 0 aliphatic carbocycles. The Morgan fingerprint density at radius 3 is 2.76 bits per heavy atom. The number of aromatic nitrogens is 2. The van der Waals surface area contributed by atoms with E-state index in [9.17, 15) is 14.4 Å². The number of aliphatic carboxylic acids is 1. The van der Waals surface area contributed by atoms with Gasteiger partial charge in [-0.2, -0.15) is 0 Å². The maximum absolute atomic E-state index is 12.7. The molecule has 0 aliphatic rings. The molecule has 2 aromatic rings. The predicted octanol–water partition coefficient (Wildman–Crippen LogP) is 2.11. The molecule has 134 valence electrons. The van der Waals surface area contributed by atoms with Gasteiger partial charge in [0.25, 0.3) is 5.56 Å². The Bertz CT molecular complexity index is 800. The number of para-hydroxylation sites is 1. The summed E-state index contributed by atoms with van der Waals surface area (Å²) in [6, 6.07) is 6.39. The number of unbranched alkanes of at least 4 members (excludes halogenated alkanes) is 1. The zero-order chi connectivity index (χ0) is 18.2. The summed E-state index contributed by atoms with van der Waals surface area (Å²) in [5.41, 5.74) is 0.354. The zero-order valence-electron chi connectivity index (χ0n) is 14.3. The van der Waals surface area contributed by atoms with E-state index in [2.05, 4.69) is 10.3 Å². The average Bonchev–Trinajstić information content (AvgIpc) is 2.60. The minimum atomic E-state index is -0.897. The van der Waals surface area contributed by atoms with Crippen LogP contribution in [0.25, 0.3) is 10.9 Å². The molecule has 2 N–H and O–H groups in total. The van der Waals surface area contributed by atoms with E-state index in [1.165, 1.54) is 10.9 Å². The molecule has 1 atom stereocenters. The molecular weight excluding hydrogens is 322 g/mol. The molecule has 1 aromatic carbocycles. The first-order valence-electron chi connectivity index (χ1n) is 8.50. The number of nitrogens with zero attached hydrogens (tertiary/aromatic N) is 2. The van der Waals surface area contributed by atoms with Crippen LogP contribution in [-0.4, -0.2) is 33.1 Å². The van der Waals surface area contributed by atoms with Gasteiger partial charge in [0.2, 0.25) is 5.91 Å². The van der Waals surface area contributed by atoms with Gasteiger partial charge in [0.1, 0.15) is 6.04 Å². The summed E-state index contributed by atoms with van der Waals surface area (Å²) in [6.07, 6.45) is 4.00. The van der Waals surface area contributed by atoms with E-state index in [1.807, 2.05) is 13.0 Å². The van der Waals surface area contributed by atoms with Gasteiger partial charge in [-0.1, -0.05) is 31.9 Å². The molecule has 1 heterocycles. The van der Waals surface area contributed by atoms with Gasteiger partial charge in [-0.15, -0.1) is 0 Å². The van der Waals surface area contributed by atoms with Crippen LogP contribution in [0, 0.1) is 0 Å². The van der Waals surface area contributed by atoms with Gasteiger partial charge >= 0.3 is 5.97 Å². The quantitative estimate of drug-likeness (QED) is 0.678. The average molecular weight is 345 g/mol. The van der Waals surface area contributed by atoms with Gasteiger partial charge < -0.3 is 10.4 Å². The van der Waals surface area contributed by atoms with Crippen LogP contribution in [0.1, 0.15) is 45.1 Å². The third-order valence-electron chi connectivity index (χ3n) is 4.03. The number of amides is 1. The standard InChI is InChI=1S/C18H23N3O4/c1-2-3-9-15(17(24)19-11-6-10-16(22)23)21-12-20-14-8-5-4-7-13(14)18(21)25/h4-5,7-8,12,15H,2-3,6,9-11H2,1H3,(H,19,24)(H,22,23). The van der Waals surface area contributed by atoms with Gasteiger partial charge in [-0.3, -0.25) is 19.0 Å². The van der Waals surface area contributed by atoms with E-state index < -0.39 is 12.0 Å². The topological polar surface area (TPSA) is 101 Å². The highest BCUT2D eigenvalue weighted by Gasteiger charge is 2.21. The molecule has 25 heavy (non-hydrogen) atoms. The summed E-state index contributed by atoms with van der Waals surface area (Å²) in [4.78, 5) is 40.1. The summed E-state index contributed by atoms with van der Waals surface area (Å²) in [7, 11) is 0. The SMILES string of the molecule is CCCCC(C(=O)NCCCC(=O)O)n1cnc2ccccc2c1=O. The number of hydrogen-bond acceptors (Lipinski definition) is 4. The van der Waals surface area contributed by atoms with E-state index >= 15 is 0 Å². The molecule has 1 unspecified atom stereocenters. The summed E-state index contributed by atoms with van der Waals surface area (Å²) in [5.74, 6) is -1.18. The number of carbonyl (C=O) groups excluding carboxylic acids is 1. The van der Waals surface area contributed by atoms with Gasteiger partial charge in [-0.25, -0.2) is 4.98 Å². The Kier molecular flexibility index (Phi) is 6.68. The molecule has 0 fully saturated rings. The van der Waals surface area contributed by atoms with Gasteiger partial charge in [-0.05, 0) is 25.0 Å². The Morgan fingerprint density at radius 2 is 2.04 bits per heavy atom. The molecule has 1 amide bonds. The largest absolute Gasteiger partial charge is 0.481 e. The maximum Gasteiger partial charge on any atom is 0.303 e. The minimum Gasteiger partial charge on any atom is -0.481 e. The Labute approximate surface area is 145 Å². The van der Waals surface area contributed by atoms with Crippen LogP contribution in [0.4, 0.5) is 0 Å². The molecule has 7 nitrogen and oxygen atoms in total. The van der Waals surface area contributed by atoms with E-state index in [0.29, 0.717) is 23.7 Å². The lowest BCUT2D eigenvalue weighted by Crippen LogP contribution is -2.38. The molecule has 7 heteroatoms. The van der Waals surface area contributed by atoms with Crippen molar-refractivity contribution in [2.75, 3.05) is 6.54 Å². The van der Waals surface area contributed by atoms with Crippen LogP contribution in [-0.2, 0) is 9.59 Å². The lowest BCUT2D eigenvalue weighted by Gasteiger charge is -2.19. The fourth-order valence-corrected chi connectivity index (χ4v) is 2.67. The lowest BCUT2D eigenvalue weighted by molar-refractivity contribution is -0.137. The van der Waals surface area contributed by atoms with Crippen molar-refractivity contribution >= 4 is 22.8 Å². The highest BCUT2D eigenvalue weighted by atomic mass is 16.4. The van der Waals surface area contributed by atoms with Crippen LogP contribution < -0.4 is 10.9 Å². The van der Waals surface area contributed by atoms with E-state index in [0.717, 1.165) is 12.8 Å². The molecule has 0 bridgehead atoms. The molecule has 0 aliphatic heterocycles. The Balaban J connectivity index is 2.21. The highest BCUT2D eigenvalue weighted by Crippen LogP contribution is 2.15. The third kappa shape index (κ3) is 4.89. The van der Waals surface area contributed by atoms with E-state index in [4.69, 9.17) is 5.11 Å². The minimum absolute atomic E-state index is 0.00259. The second-order valence-electron chi connectivity index (χ2n) is 5.92. The molecule has 2 rings (SSSR count). The van der Waals surface area contributed by atoms with E-state index in [-0.39, 0.29) is 24.4 Å². The first kappa shape index (κ1) is 18.6. The van der Waals surface area contributed by atoms with Crippen LogP contribution in [0.2, 0.25) is 0 Å². The van der Waals surface area contributed by atoms with Crippen LogP contribution in [0.3, 0.4) is 0 Å². The first-order valence-corrected chi connectivity index (χ1v) is 8.50. The zero-order valence-corrected chi connectivity index (χ0v) is 14.3. The molecule has 1 aromatic heterocycles. The number of carboxylic acids is 1. The second kappa shape index (κ2) is 8.96. The Hall–Kier alpha value is -2.70. The van der Waals surface area contributed by atoms with Crippen molar-refractivity contribution in [2.45, 2.75) is 45.1 Å². The van der Waals surface area contributed by atoms with Crippen molar-refractivity contribution in [3.63, 3.8) is 0 Å². The number of hydrogen-bond donors (Lipinski definition) is 2. The summed E-state index contributed by atoms with van der Waals surface area (Å²) >= 11 is 0. The number of carbonyl (C=O) groups is 2. The smallest absolute Gasteiger partial charge is 0.303 e. The van der Waals surface area contributed by atoms with E-state index in [1.54, 1.807) is 18.2 Å². The monoisotopic (exact) mass is 345 g/mol. The van der Waals surface area contributed by atoms with Crippen molar-refractivity contribution in [1.29, 1.82) is 0 Å². The van der Waals surface area contributed by atoms with Crippen molar-refractivity contribution in [1.82, 2.24) is 14.9 Å². The van der Waals surface area contributed by atoms with Crippen molar-refractivity contribution in [2.24, 2.45) is 0 Å². The number of fused-ring (bicyclic) bond motifs is 1. The molecular formula is C18H23N3O4. The van der Waals surface area contributed by atoms with Crippen molar-refractivity contribution in [3.05, 3.63) is 40.9 Å². The number of nitrogens with one attached hydrogen (secondary N) is 1. The normalized spacial score (nSPS) is 12.0. The molecule has 0 saturated heterocycles. The predicted molar refractivity (Wildman–Crippen MR) is 94.4 cm³/mol. The van der Waals surface area contributed by atoms with Crippen molar-refractivity contribution in [3.8, 4) is 0 Å². The fourth-order valence-electron chi connectivity index (χ4n) is 2.67. The molecule has 0 radical (unpaired) electrons. The van der Waals surface area contributed by atoms with Gasteiger partial charge in [0.15, 0.2) is 0 Å². The summed E-state index contributed by atoms with van der Waals surface area (Å²) < 4.78 is 1.38. The molecule has 0 spiro atoms.